The zero-order valence-corrected chi connectivity index (χ0v) is 17.6. The van der Waals surface area contributed by atoms with Gasteiger partial charge in [-0.25, -0.2) is 14.1 Å². The van der Waals surface area contributed by atoms with Crippen molar-refractivity contribution in [1.82, 2.24) is 24.6 Å². The molecule has 0 bridgehead atoms. The summed E-state index contributed by atoms with van der Waals surface area (Å²) in [6.45, 7) is 1.77. The topological polar surface area (TPSA) is 84.5 Å². The number of furan rings is 1. The summed E-state index contributed by atoms with van der Waals surface area (Å²) in [4.78, 5) is 33.5. The first-order valence-corrected chi connectivity index (χ1v) is 10.8. The normalized spacial score (nSPS) is 21.0. The molecular weight excluding hydrogens is 413 g/mol. The van der Waals surface area contributed by atoms with E-state index in [9.17, 15) is 14.0 Å². The summed E-state index contributed by atoms with van der Waals surface area (Å²) in [5, 5.41) is 4.05. The minimum absolute atomic E-state index is 0.0594. The van der Waals surface area contributed by atoms with Crippen molar-refractivity contribution < 1.29 is 18.4 Å². The van der Waals surface area contributed by atoms with Crippen LogP contribution in [0.25, 0.3) is 0 Å². The highest BCUT2D eigenvalue weighted by Gasteiger charge is 2.42. The SMILES string of the molecule is O=C(c1ccc(Cn2cncn2)o1)N1C[C@H]2CCCC(=O)N(Cc3cccc(F)c3)[C@H]2C1. The van der Waals surface area contributed by atoms with Crippen LogP contribution in [0.2, 0.25) is 0 Å². The van der Waals surface area contributed by atoms with E-state index in [0.29, 0.717) is 38.4 Å². The molecule has 5 rings (SSSR count). The molecule has 1 aromatic carbocycles. The summed E-state index contributed by atoms with van der Waals surface area (Å²) < 4.78 is 21.1. The molecule has 2 aliphatic rings. The van der Waals surface area contributed by atoms with E-state index in [2.05, 4.69) is 10.1 Å². The Hall–Kier alpha value is -3.49. The van der Waals surface area contributed by atoms with Crippen molar-refractivity contribution >= 4 is 11.8 Å². The van der Waals surface area contributed by atoms with Crippen LogP contribution in [0.1, 0.15) is 41.1 Å². The largest absolute Gasteiger partial charge is 0.454 e. The number of benzene rings is 1. The average molecular weight is 437 g/mol. The minimum Gasteiger partial charge on any atom is -0.454 e. The third-order valence-electron chi connectivity index (χ3n) is 6.28. The van der Waals surface area contributed by atoms with Crippen LogP contribution in [-0.4, -0.2) is 55.5 Å². The molecule has 0 radical (unpaired) electrons. The van der Waals surface area contributed by atoms with Crippen LogP contribution in [0, 0.1) is 11.7 Å². The lowest BCUT2D eigenvalue weighted by Crippen LogP contribution is -2.43. The number of rotatable bonds is 5. The number of fused-ring (bicyclic) bond motifs is 1. The zero-order valence-electron chi connectivity index (χ0n) is 17.6. The van der Waals surface area contributed by atoms with Gasteiger partial charge in [0.05, 0.1) is 6.04 Å². The zero-order chi connectivity index (χ0) is 22.1. The molecule has 2 amide bonds. The molecule has 3 aromatic rings. The fraction of sp³-hybridized carbons (Fsp3) is 0.391. The van der Waals surface area contributed by atoms with Gasteiger partial charge in [-0.05, 0) is 48.6 Å². The smallest absolute Gasteiger partial charge is 0.289 e. The number of hydrogen-bond donors (Lipinski definition) is 0. The van der Waals surface area contributed by atoms with Gasteiger partial charge in [-0.1, -0.05) is 12.1 Å². The standard InChI is InChI=1S/C23H24FN5O3/c24-18-5-1-3-16(9-18)10-29-20-13-27(11-17(20)4-2-6-22(29)30)23(31)21-8-7-19(32-21)12-28-15-25-14-26-28/h1,3,5,7-9,14-15,17,20H,2,4,6,10-13H2/t17-,20+/m1/s1. The molecule has 8 nitrogen and oxygen atoms in total. The predicted octanol–water partition coefficient (Wildman–Crippen LogP) is 2.71. The molecule has 2 fully saturated rings. The highest BCUT2D eigenvalue weighted by atomic mass is 19.1. The van der Waals surface area contributed by atoms with Crippen LogP contribution in [0.5, 0.6) is 0 Å². The van der Waals surface area contributed by atoms with Crippen molar-refractivity contribution in [2.24, 2.45) is 5.92 Å². The number of likely N-dealkylation sites (tertiary alicyclic amines) is 2. The van der Waals surface area contributed by atoms with Crippen LogP contribution in [0.15, 0.2) is 53.5 Å². The van der Waals surface area contributed by atoms with Gasteiger partial charge in [-0.2, -0.15) is 5.10 Å². The second-order valence-corrected chi connectivity index (χ2v) is 8.44. The fourth-order valence-electron chi connectivity index (χ4n) is 4.75. The maximum absolute atomic E-state index is 13.7. The lowest BCUT2D eigenvalue weighted by molar-refractivity contribution is -0.133. The van der Waals surface area contributed by atoms with Crippen LogP contribution in [0.3, 0.4) is 0 Å². The van der Waals surface area contributed by atoms with Crippen molar-refractivity contribution in [3.8, 4) is 0 Å². The molecule has 32 heavy (non-hydrogen) atoms. The Morgan fingerprint density at radius 2 is 2.09 bits per heavy atom. The van der Waals surface area contributed by atoms with Crippen LogP contribution in [0.4, 0.5) is 4.39 Å². The van der Waals surface area contributed by atoms with Crippen molar-refractivity contribution in [3.05, 3.63) is 72.0 Å². The van der Waals surface area contributed by atoms with Gasteiger partial charge in [0.25, 0.3) is 5.91 Å². The maximum atomic E-state index is 13.7. The van der Waals surface area contributed by atoms with Gasteiger partial charge in [-0.3, -0.25) is 9.59 Å². The second-order valence-electron chi connectivity index (χ2n) is 8.44. The predicted molar refractivity (Wildman–Crippen MR) is 112 cm³/mol. The maximum Gasteiger partial charge on any atom is 0.289 e. The van der Waals surface area contributed by atoms with Crippen LogP contribution < -0.4 is 0 Å². The lowest BCUT2D eigenvalue weighted by Gasteiger charge is -2.30. The van der Waals surface area contributed by atoms with E-state index in [0.717, 1.165) is 18.4 Å². The molecule has 2 atom stereocenters. The van der Waals surface area contributed by atoms with Gasteiger partial charge >= 0.3 is 0 Å². The second kappa shape index (κ2) is 8.57. The molecule has 9 heteroatoms. The first kappa shape index (κ1) is 20.4. The van der Waals surface area contributed by atoms with Gasteiger partial charge in [0, 0.05) is 26.1 Å². The first-order chi connectivity index (χ1) is 15.6. The summed E-state index contributed by atoms with van der Waals surface area (Å²) in [6.07, 6.45) is 5.20. The summed E-state index contributed by atoms with van der Waals surface area (Å²) in [5.41, 5.74) is 0.757. The van der Waals surface area contributed by atoms with E-state index >= 15 is 0 Å². The highest BCUT2D eigenvalue weighted by Crippen LogP contribution is 2.32. The summed E-state index contributed by atoms with van der Waals surface area (Å²) in [6, 6.07) is 9.71. The third-order valence-corrected chi connectivity index (χ3v) is 6.28. The molecule has 2 saturated heterocycles. The van der Waals surface area contributed by atoms with Gasteiger partial charge < -0.3 is 14.2 Å². The van der Waals surface area contributed by atoms with E-state index in [4.69, 9.17) is 4.42 Å². The van der Waals surface area contributed by atoms with Gasteiger partial charge in [0.2, 0.25) is 5.91 Å². The first-order valence-electron chi connectivity index (χ1n) is 10.8. The molecule has 4 heterocycles. The lowest BCUT2D eigenvalue weighted by atomic mass is 9.98. The molecular formula is C23H24FN5O3. The number of aromatic nitrogens is 3. The van der Waals surface area contributed by atoms with E-state index in [1.54, 1.807) is 34.1 Å². The Balaban J connectivity index is 1.31. The molecule has 166 valence electrons. The number of carbonyl (C=O) groups excluding carboxylic acids is 2. The number of amides is 2. The van der Waals surface area contributed by atoms with E-state index in [1.165, 1.54) is 18.5 Å². The molecule has 2 aromatic heterocycles. The van der Waals surface area contributed by atoms with E-state index in [-0.39, 0.29) is 35.4 Å². The number of halogens is 1. The Kier molecular flexibility index (Phi) is 5.46. The van der Waals surface area contributed by atoms with Crippen molar-refractivity contribution in [3.63, 3.8) is 0 Å². The average Bonchev–Trinajstić information content (AvgIpc) is 3.52. The Morgan fingerprint density at radius 1 is 1.19 bits per heavy atom. The molecule has 0 spiro atoms. The summed E-state index contributed by atoms with van der Waals surface area (Å²) in [5.74, 6) is 0.660. The van der Waals surface area contributed by atoms with E-state index < -0.39 is 0 Å². The van der Waals surface area contributed by atoms with Crippen LogP contribution >= 0.6 is 0 Å². The van der Waals surface area contributed by atoms with Crippen molar-refractivity contribution in [1.29, 1.82) is 0 Å². The van der Waals surface area contributed by atoms with Crippen molar-refractivity contribution in [2.45, 2.75) is 38.4 Å². The number of hydrogen-bond acceptors (Lipinski definition) is 5. The molecule has 2 aliphatic heterocycles. The summed E-state index contributed by atoms with van der Waals surface area (Å²) >= 11 is 0. The number of nitrogens with zero attached hydrogens (tertiary/aromatic N) is 5. The van der Waals surface area contributed by atoms with Gasteiger partial charge in [0.1, 0.15) is 30.8 Å². The summed E-state index contributed by atoms with van der Waals surface area (Å²) in [7, 11) is 0. The Bertz CT molecular complexity index is 1110. The van der Waals surface area contributed by atoms with Gasteiger partial charge in [0.15, 0.2) is 5.76 Å². The number of carbonyl (C=O) groups is 2. The fourth-order valence-corrected chi connectivity index (χ4v) is 4.75. The third kappa shape index (κ3) is 4.15. The monoisotopic (exact) mass is 437 g/mol. The van der Waals surface area contributed by atoms with Crippen molar-refractivity contribution in [2.75, 3.05) is 13.1 Å². The molecule has 0 saturated carbocycles. The molecule has 0 N–H and O–H groups in total. The van der Waals surface area contributed by atoms with Gasteiger partial charge in [-0.15, -0.1) is 0 Å². The minimum atomic E-state index is -0.316. The molecule has 0 aliphatic carbocycles. The Labute approximate surface area is 184 Å². The quantitative estimate of drug-likeness (QED) is 0.613. The molecule has 0 unspecified atom stereocenters. The Morgan fingerprint density at radius 3 is 2.91 bits per heavy atom. The highest BCUT2D eigenvalue weighted by molar-refractivity contribution is 5.92. The van der Waals surface area contributed by atoms with Crippen LogP contribution in [-0.2, 0) is 17.9 Å². The van der Waals surface area contributed by atoms with E-state index in [1.807, 2.05) is 11.0 Å².